The summed E-state index contributed by atoms with van der Waals surface area (Å²) in [5.74, 6) is 3.81. The zero-order chi connectivity index (χ0) is 10.2. The van der Waals surface area contributed by atoms with Gasteiger partial charge in [-0.05, 0) is 30.3 Å². The molecule has 1 aliphatic heterocycles. The van der Waals surface area contributed by atoms with Gasteiger partial charge in [-0.25, -0.2) is 0 Å². The maximum Gasteiger partial charge on any atom is 0.0505 e. The number of hydrogen-bond acceptors (Lipinski definition) is 2. The van der Waals surface area contributed by atoms with Crippen molar-refractivity contribution in [2.75, 3.05) is 11.5 Å². The van der Waals surface area contributed by atoms with Crippen LogP contribution in [0.2, 0.25) is 0 Å². The third kappa shape index (κ3) is 4.97. The van der Waals surface area contributed by atoms with E-state index < -0.39 is 0 Å². The van der Waals surface area contributed by atoms with Gasteiger partial charge in [-0.2, -0.15) is 0 Å². The molecule has 84 valence electrons. The van der Waals surface area contributed by atoms with Gasteiger partial charge in [0.15, 0.2) is 0 Å². The Morgan fingerprint density at radius 1 is 1.21 bits per heavy atom. The standard InChI is InChI=1S/C12H24S2/c1-3-5-7-11(4-2)10-12-13-8-6-9-14-12/h11-12H,3-10H2,1-2H3. The predicted molar refractivity (Wildman–Crippen MR) is 71.2 cm³/mol. The summed E-state index contributed by atoms with van der Waals surface area (Å²) in [6.07, 6.45) is 8.54. The van der Waals surface area contributed by atoms with Crippen molar-refractivity contribution in [1.82, 2.24) is 0 Å². The third-order valence-electron chi connectivity index (χ3n) is 2.97. The molecular weight excluding hydrogens is 208 g/mol. The molecule has 1 fully saturated rings. The minimum absolute atomic E-state index is 0.922. The molecule has 0 aromatic rings. The lowest BCUT2D eigenvalue weighted by Gasteiger charge is -2.25. The highest BCUT2D eigenvalue weighted by molar-refractivity contribution is 8.17. The molecule has 14 heavy (non-hydrogen) atoms. The van der Waals surface area contributed by atoms with Gasteiger partial charge in [0.05, 0.1) is 4.58 Å². The molecule has 0 aromatic carbocycles. The minimum atomic E-state index is 0.922. The second-order valence-corrected chi connectivity index (χ2v) is 7.10. The van der Waals surface area contributed by atoms with E-state index in [2.05, 4.69) is 37.4 Å². The first kappa shape index (κ1) is 12.8. The molecule has 1 rings (SSSR count). The molecule has 2 heteroatoms. The van der Waals surface area contributed by atoms with Gasteiger partial charge in [0.25, 0.3) is 0 Å². The normalized spacial score (nSPS) is 21.0. The zero-order valence-electron chi connectivity index (χ0n) is 9.63. The summed E-state index contributed by atoms with van der Waals surface area (Å²) in [5, 5.41) is 0. The zero-order valence-corrected chi connectivity index (χ0v) is 11.3. The van der Waals surface area contributed by atoms with Gasteiger partial charge in [0.2, 0.25) is 0 Å². The van der Waals surface area contributed by atoms with E-state index in [1.807, 2.05) is 0 Å². The molecule has 1 aliphatic rings. The van der Waals surface area contributed by atoms with E-state index in [-0.39, 0.29) is 0 Å². The van der Waals surface area contributed by atoms with Crippen molar-refractivity contribution >= 4 is 23.5 Å². The molecule has 1 heterocycles. The number of unbranched alkanes of at least 4 members (excludes halogenated alkanes) is 1. The largest absolute Gasteiger partial charge is 0.148 e. The first-order valence-corrected chi connectivity index (χ1v) is 8.19. The Bertz CT molecular complexity index is 130. The highest BCUT2D eigenvalue weighted by atomic mass is 32.2. The van der Waals surface area contributed by atoms with Crippen molar-refractivity contribution < 1.29 is 0 Å². The molecule has 1 saturated heterocycles. The van der Waals surface area contributed by atoms with E-state index in [4.69, 9.17) is 0 Å². The van der Waals surface area contributed by atoms with Crippen LogP contribution in [-0.4, -0.2) is 16.1 Å². The van der Waals surface area contributed by atoms with Crippen LogP contribution in [0.4, 0.5) is 0 Å². The number of thioether (sulfide) groups is 2. The maximum absolute atomic E-state index is 2.36. The average molecular weight is 232 g/mol. The van der Waals surface area contributed by atoms with Gasteiger partial charge in [0.1, 0.15) is 0 Å². The fraction of sp³-hybridized carbons (Fsp3) is 1.00. The second kappa shape index (κ2) is 7.92. The molecule has 1 atom stereocenters. The van der Waals surface area contributed by atoms with E-state index in [1.165, 1.54) is 50.0 Å². The lowest BCUT2D eigenvalue weighted by molar-refractivity contribution is 0.436. The van der Waals surface area contributed by atoms with Crippen molar-refractivity contribution in [3.63, 3.8) is 0 Å². The maximum atomic E-state index is 2.36. The average Bonchev–Trinajstić information content (AvgIpc) is 2.25. The molecule has 0 spiro atoms. The van der Waals surface area contributed by atoms with Crippen LogP contribution in [0.15, 0.2) is 0 Å². The Morgan fingerprint density at radius 2 is 1.93 bits per heavy atom. The van der Waals surface area contributed by atoms with E-state index >= 15 is 0 Å². The molecule has 0 bridgehead atoms. The van der Waals surface area contributed by atoms with Crippen LogP contribution in [0, 0.1) is 5.92 Å². The van der Waals surface area contributed by atoms with Gasteiger partial charge >= 0.3 is 0 Å². The van der Waals surface area contributed by atoms with Crippen molar-refractivity contribution in [1.29, 1.82) is 0 Å². The van der Waals surface area contributed by atoms with E-state index in [9.17, 15) is 0 Å². The first-order valence-electron chi connectivity index (χ1n) is 6.10. The van der Waals surface area contributed by atoms with Crippen LogP contribution >= 0.6 is 23.5 Å². The Balaban J connectivity index is 2.16. The fourth-order valence-corrected chi connectivity index (χ4v) is 5.04. The van der Waals surface area contributed by atoms with Crippen LogP contribution in [0.1, 0.15) is 52.4 Å². The summed E-state index contributed by atoms with van der Waals surface area (Å²) in [6.45, 7) is 4.66. The Labute approximate surface area is 98.0 Å². The first-order chi connectivity index (χ1) is 6.86. The van der Waals surface area contributed by atoms with Gasteiger partial charge in [-0.3, -0.25) is 0 Å². The molecule has 0 nitrogen and oxygen atoms in total. The molecule has 0 saturated carbocycles. The smallest absolute Gasteiger partial charge is 0.0505 e. The lowest BCUT2D eigenvalue weighted by atomic mass is 9.97. The van der Waals surface area contributed by atoms with Crippen molar-refractivity contribution in [2.24, 2.45) is 5.92 Å². The second-order valence-electron chi connectivity index (χ2n) is 4.18. The van der Waals surface area contributed by atoms with E-state index in [1.54, 1.807) is 0 Å². The Hall–Kier alpha value is 0.700. The fourth-order valence-electron chi connectivity index (χ4n) is 1.93. The summed E-state index contributed by atoms with van der Waals surface area (Å²) in [6, 6.07) is 0. The topological polar surface area (TPSA) is 0 Å². The highest BCUT2D eigenvalue weighted by Crippen LogP contribution is 2.36. The van der Waals surface area contributed by atoms with Gasteiger partial charge in [-0.15, -0.1) is 23.5 Å². The van der Waals surface area contributed by atoms with Crippen molar-refractivity contribution in [3.05, 3.63) is 0 Å². The van der Waals surface area contributed by atoms with Crippen molar-refractivity contribution in [3.8, 4) is 0 Å². The van der Waals surface area contributed by atoms with Gasteiger partial charge in [-0.1, -0.05) is 39.5 Å². The van der Waals surface area contributed by atoms with Crippen molar-refractivity contribution in [2.45, 2.75) is 57.0 Å². The summed E-state index contributed by atoms with van der Waals surface area (Å²) >= 11 is 4.41. The summed E-state index contributed by atoms with van der Waals surface area (Å²) in [5.41, 5.74) is 0. The van der Waals surface area contributed by atoms with Gasteiger partial charge < -0.3 is 0 Å². The molecule has 0 radical (unpaired) electrons. The molecule has 0 aliphatic carbocycles. The van der Waals surface area contributed by atoms with Gasteiger partial charge in [0, 0.05) is 0 Å². The number of rotatable bonds is 6. The van der Waals surface area contributed by atoms with Crippen LogP contribution in [0.5, 0.6) is 0 Å². The van der Waals surface area contributed by atoms with Crippen LogP contribution in [-0.2, 0) is 0 Å². The molecular formula is C12H24S2. The third-order valence-corrected chi connectivity index (χ3v) is 5.96. The monoisotopic (exact) mass is 232 g/mol. The predicted octanol–water partition coefficient (Wildman–Crippen LogP) is 4.79. The molecule has 0 N–H and O–H groups in total. The Morgan fingerprint density at radius 3 is 2.50 bits per heavy atom. The summed E-state index contributed by atoms with van der Waals surface area (Å²) < 4.78 is 0.922. The molecule has 1 unspecified atom stereocenters. The SMILES string of the molecule is CCCCC(CC)CC1SCCCS1. The Kier molecular flexibility index (Phi) is 7.23. The molecule has 0 aromatic heterocycles. The summed E-state index contributed by atoms with van der Waals surface area (Å²) in [7, 11) is 0. The summed E-state index contributed by atoms with van der Waals surface area (Å²) in [4.78, 5) is 0. The minimum Gasteiger partial charge on any atom is -0.148 e. The van der Waals surface area contributed by atoms with E-state index in [0.717, 1.165) is 10.5 Å². The molecule has 0 amide bonds. The van der Waals surface area contributed by atoms with Crippen LogP contribution in [0.3, 0.4) is 0 Å². The highest BCUT2D eigenvalue weighted by Gasteiger charge is 2.18. The van der Waals surface area contributed by atoms with Crippen LogP contribution in [0.25, 0.3) is 0 Å². The number of hydrogen-bond donors (Lipinski definition) is 0. The quantitative estimate of drug-likeness (QED) is 0.646. The lowest BCUT2D eigenvalue weighted by Crippen LogP contribution is -2.12. The van der Waals surface area contributed by atoms with E-state index in [0.29, 0.717) is 0 Å². The van der Waals surface area contributed by atoms with Crippen LogP contribution < -0.4 is 0 Å².